The van der Waals surface area contributed by atoms with Gasteiger partial charge in [0.15, 0.2) is 0 Å². The summed E-state index contributed by atoms with van der Waals surface area (Å²) in [6.07, 6.45) is 1.79. The fraction of sp³-hybridized carbons (Fsp3) is 0.0714. The van der Waals surface area contributed by atoms with E-state index in [0.29, 0.717) is 0 Å². The molecular weight excluding hydrogens is 226 g/mol. The number of aromatic nitrogens is 2. The van der Waals surface area contributed by atoms with Gasteiger partial charge in [0.1, 0.15) is 5.75 Å². The Morgan fingerprint density at radius 1 is 1.11 bits per heavy atom. The predicted molar refractivity (Wildman–Crippen MR) is 72.0 cm³/mol. The number of nitrogens with zero attached hydrogens (tertiary/aromatic N) is 2. The van der Waals surface area contributed by atoms with Crippen LogP contribution in [0.15, 0.2) is 48.7 Å². The molecule has 4 heteroatoms. The van der Waals surface area contributed by atoms with Crippen LogP contribution in [0.3, 0.4) is 0 Å². The SMILES string of the molecule is COc1ccc(-n2ncc3c(N)cccc32)cc1. The third-order valence-electron chi connectivity index (χ3n) is 2.96. The first-order valence-corrected chi connectivity index (χ1v) is 5.66. The predicted octanol–water partition coefficient (Wildman–Crippen LogP) is 2.62. The molecule has 0 bridgehead atoms. The van der Waals surface area contributed by atoms with E-state index in [2.05, 4.69) is 5.10 Å². The van der Waals surface area contributed by atoms with Crippen molar-refractivity contribution in [1.82, 2.24) is 9.78 Å². The van der Waals surface area contributed by atoms with Crippen molar-refractivity contribution in [2.24, 2.45) is 0 Å². The van der Waals surface area contributed by atoms with Crippen molar-refractivity contribution in [3.05, 3.63) is 48.7 Å². The molecule has 0 amide bonds. The molecule has 0 radical (unpaired) electrons. The van der Waals surface area contributed by atoms with Crippen molar-refractivity contribution in [3.63, 3.8) is 0 Å². The molecule has 0 aliphatic rings. The summed E-state index contributed by atoms with van der Waals surface area (Å²) in [5, 5.41) is 5.34. The zero-order valence-corrected chi connectivity index (χ0v) is 10.00. The van der Waals surface area contributed by atoms with Gasteiger partial charge < -0.3 is 10.5 Å². The zero-order chi connectivity index (χ0) is 12.5. The van der Waals surface area contributed by atoms with Crippen LogP contribution >= 0.6 is 0 Å². The molecule has 90 valence electrons. The molecule has 18 heavy (non-hydrogen) atoms. The van der Waals surface area contributed by atoms with Crippen LogP contribution in [-0.2, 0) is 0 Å². The van der Waals surface area contributed by atoms with Gasteiger partial charge in [-0.25, -0.2) is 4.68 Å². The lowest BCUT2D eigenvalue weighted by molar-refractivity contribution is 0.414. The Kier molecular flexibility index (Phi) is 2.41. The maximum absolute atomic E-state index is 5.92. The van der Waals surface area contributed by atoms with Crippen LogP contribution < -0.4 is 10.5 Å². The van der Waals surface area contributed by atoms with Crippen LogP contribution in [0.25, 0.3) is 16.6 Å². The Hall–Kier alpha value is -2.49. The lowest BCUT2D eigenvalue weighted by Crippen LogP contribution is -1.96. The van der Waals surface area contributed by atoms with Crippen LogP contribution in [0.1, 0.15) is 0 Å². The molecule has 1 aromatic heterocycles. The molecule has 3 aromatic rings. The van der Waals surface area contributed by atoms with Crippen molar-refractivity contribution < 1.29 is 4.74 Å². The highest BCUT2D eigenvalue weighted by Crippen LogP contribution is 2.23. The van der Waals surface area contributed by atoms with Crippen LogP contribution in [0.5, 0.6) is 5.75 Å². The standard InChI is InChI=1S/C14H13N3O/c1-18-11-7-5-10(6-8-11)17-14-4-2-3-13(15)12(14)9-16-17/h2-9H,15H2,1H3. The Bertz CT molecular complexity index is 686. The van der Waals surface area contributed by atoms with Crippen molar-refractivity contribution >= 4 is 16.6 Å². The van der Waals surface area contributed by atoms with Crippen molar-refractivity contribution in [1.29, 1.82) is 0 Å². The lowest BCUT2D eigenvalue weighted by atomic mass is 10.2. The molecule has 2 N–H and O–H groups in total. The minimum absolute atomic E-state index is 0.743. The van der Waals surface area contributed by atoms with E-state index in [9.17, 15) is 0 Å². The summed E-state index contributed by atoms with van der Waals surface area (Å²) in [7, 11) is 1.65. The lowest BCUT2D eigenvalue weighted by Gasteiger charge is -2.05. The van der Waals surface area contributed by atoms with E-state index in [1.54, 1.807) is 13.3 Å². The molecule has 0 unspecified atom stereocenters. The van der Waals surface area contributed by atoms with E-state index in [0.717, 1.165) is 28.0 Å². The second-order valence-corrected chi connectivity index (χ2v) is 4.03. The Labute approximate surface area is 105 Å². The van der Waals surface area contributed by atoms with E-state index in [1.807, 2.05) is 47.1 Å². The molecule has 0 spiro atoms. The number of fused-ring (bicyclic) bond motifs is 1. The molecule has 0 aliphatic carbocycles. The summed E-state index contributed by atoms with van der Waals surface area (Å²) >= 11 is 0. The number of hydrogen-bond acceptors (Lipinski definition) is 3. The summed E-state index contributed by atoms with van der Waals surface area (Å²) in [5.41, 5.74) is 8.65. The van der Waals surface area contributed by atoms with Gasteiger partial charge in [-0.3, -0.25) is 0 Å². The van der Waals surface area contributed by atoms with Gasteiger partial charge in [0.25, 0.3) is 0 Å². The number of benzene rings is 2. The molecular formula is C14H13N3O. The van der Waals surface area contributed by atoms with Crippen molar-refractivity contribution in [3.8, 4) is 11.4 Å². The van der Waals surface area contributed by atoms with Gasteiger partial charge in [-0.2, -0.15) is 5.10 Å². The molecule has 0 atom stereocenters. The minimum atomic E-state index is 0.743. The number of nitrogen functional groups attached to an aromatic ring is 1. The first kappa shape index (κ1) is 10.7. The molecule has 1 heterocycles. The van der Waals surface area contributed by atoms with Crippen molar-refractivity contribution in [2.45, 2.75) is 0 Å². The Morgan fingerprint density at radius 3 is 2.61 bits per heavy atom. The Morgan fingerprint density at radius 2 is 1.89 bits per heavy atom. The topological polar surface area (TPSA) is 53.1 Å². The van der Waals surface area contributed by atoms with Crippen LogP contribution in [0.2, 0.25) is 0 Å². The maximum Gasteiger partial charge on any atom is 0.119 e. The molecule has 0 fully saturated rings. The highest BCUT2D eigenvalue weighted by Gasteiger charge is 2.06. The largest absolute Gasteiger partial charge is 0.497 e. The fourth-order valence-electron chi connectivity index (χ4n) is 2.00. The molecule has 2 aromatic carbocycles. The summed E-state index contributed by atoms with van der Waals surface area (Å²) < 4.78 is 7.01. The summed E-state index contributed by atoms with van der Waals surface area (Å²) in [4.78, 5) is 0. The third-order valence-corrected chi connectivity index (χ3v) is 2.96. The zero-order valence-electron chi connectivity index (χ0n) is 10.00. The fourth-order valence-corrected chi connectivity index (χ4v) is 2.00. The van der Waals surface area contributed by atoms with Gasteiger partial charge in [-0.15, -0.1) is 0 Å². The van der Waals surface area contributed by atoms with E-state index >= 15 is 0 Å². The molecule has 3 rings (SSSR count). The molecule has 0 aliphatic heterocycles. The minimum Gasteiger partial charge on any atom is -0.497 e. The summed E-state index contributed by atoms with van der Waals surface area (Å²) in [5.74, 6) is 0.828. The number of nitrogens with two attached hydrogens (primary N) is 1. The van der Waals surface area contributed by atoms with E-state index in [1.165, 1.54) is 0 Å². The highest BCUT2D eigenvalue weighted by atomic mass is 16.5. The smallest absolute Gasteiger partial charge is 0.119 e. The van der Waals surface area contributed by atoms with E-state index < -0.39 is 0 Å². The number of anilines is 1. The van der Waals surface area contributed by atoms with Gasteiger partial charge in [-0.05, 0) is 36.4 Å². The first-order chi connectivity index (χ1) is 8.79. The quantitative estimate of drug-likeness (QED) is 0.699. The number of hydrogen-bond donors (Lipinski definition) is 1. The van der Waals surface area contributed by atoms with Gasteiger partial charge in [-0.1, -0.05) is 6.07 Å². The van der Waals surface area contributed by atoms with Crippen LogP contribution in [0, 0.1) is 0 Å². The van der Waals surface area contributed by atoms with Gasteiger partial charge >= 0.3 is 0 Å². The number of ether oxygens (including phenoxy) is 1. The average Bonchev–Trinajstić information content (AvgIpc) is 2.84. The molecule has 0 saturated heterocycles. The summed E-state index contributed by atoms with van der Waals surface area (Å²) in [6, 6.07) is 13.6. The normalized spacial score (nSPS) is 10.7. The maximum atomic E-state index is 5.92. The second-order valence-electron chi connectivity index (χ2n) is 4.03. The van der Waals surface area contributed by atoms with Crippen molar-refractivity contribution in [2.75, 3.05) is 12.8 Å². The average molecular weight is 239 g/mol. The molecule has 0 saturated carbocycles. The van der Waals surface area contributed by atoms with E-state index in [4.69, 9.17) is 10.5 Å². The van der Waals surface area contributed by atoms with Gasteiger partial charge in [0.05, 0.1) is 24.5 Å². The van der Waals surface area contributed by atoms with E-state index in [-0.39, 0.29) is 0 Å². The van der Waals surface area contributed by atoms with Crippen LogP contribution in [0.4, 0.5) is 5.69 Å². The van der Waals surface area contributed by atoms with Crippen LogP contribution in [-0.4, -0.2) is 16.9 Å². The first-order valence-electron chi connectivity index (χ1n) is 5.66. The second kappa shape index (κ2) is 4.07. The number of rotatable bonds is 2. The highest BCUT2D eigenvalue weighted by molar-refractivity contribution is 5.91. The monoisotopic (exact) mass is 239 g/mol. The molecule has 4 nitrogen and oxygen atoms in total. The Balaban J connectivity index is 2.16. The third kappa shape index (κ3) is 1.59. The number of methoxy groups -OCH3 is 1. The van der Waals surface area contributed by atoms with Gasteiger partial charge in [0, 0.05) is 11.1 Å². The summed E-state index contributed by atoms with van der Waals surface area (Å²) in [6.45, 7) is 0. The van der Waals surface area contributed by atoms with Gasteiger partial charge in [0.2, 0.25) is 0 Å².